The van der Waals surface area contributed by atoms with Gasteiger partial charge in [0.1, 0.15) is 0 Å². The van der Waals surface area contributed by atoms with Gasteiger partial charge in [-0.25, -0.2) is 4.79 Å². The molecule has 1 fully saturated rings. The highest BCUT2D eigenvalue weighted by Crippen LogP contribution is 2.29. The average Bonchev–Trinajstić information content (AvgIpc) is 2.80. The second-order valence-corrected chi connectivity index (χ2v) is 8.15. The first-order valence-corrected chi connectivity index (χ1v) is 11.4. The summed E-state index contributed by atoms with van der Waals surface area (Å²) in [7, 11) is 0. The number of hydrogen-bond acceptors (Lipinski definition) is 4. The fourth-order valence-electron chi connectivity index (χ4n) is 3.75. The zero-order valence-corrected chi connectivity index (χ0v) is 19.0. The van der Waals surface area contributed by atoms with Crippen molar-refractivity contribution >= 4 is 29.0 Å². The molecule has 1 heterocycles. The quantitative estimate of drug-likeness (QED) is 0.495. The van der Waals surface area contributed by atoms with Crippen molar-refractivity contribution in [3.8, 4) is 0 Å². The SMILES string of the molecule is CCOCCCNC(=O)c1cc(NC(=O)Nc2ccccc2)ccc1N1CCC(C)CC1. The molecule has 0 unspecified atom stereocenters. The number of benzene rings is 2. The molecule has 32 heavy (non-hydrogen) atoms. The van der Waals surface area contributed by atoms with Gasteiger partial charge in [-0.15, -0.1) is 0 Å². The van der Waals surface area contributed by atoms with Crippen LogP contribution in [0.4, 0.5) is 21.9 Å². The van der Waals surface area contributed by atoms with Crippen LogP contribution in [-0.4, -0.2) is 44.8 Å². The normalized spacial score (nSPS) is 14.1. The molecule has 1 aliphatic rings. The van der Waals surface area contributed by atoms with E-state index in [1.807, 2.05) is 49.4 Å². The molecule has 1 saturated heterocycles. The number of rotatable bonds is 9. The van der Waals surface area contributed by atoms with E-state index in [0.29, 0.717) is 42.6 Å². The smallest absolute Gasteiger partial charge is 0.323 e. The summed E-state index contributed by atoms with van der Waals surface area (Å²) in [6.07, 6.45) is 2.97. The van der Waals surface area contributed by atoms with E-state index in [2.05, 4.69) is 27.8 Å². The molecule has 3 amide bonds. The molecule has 2 aromatic carbocycles. The van der Waals surface area contributed by atoms with Gasteiger partial charge in [0.05, 0.1) is 5.56 Å². The van der Waals surface area contributed by atoms with Gasteiger partial charge in [-0.3, -0.25) is 4.79 Å². The van der Waals surface area contributed by atoms with E-state index < -0.39 is 0 Å². The van der Waals surface area contributed by atoms with Crippen molar-refractivity contribution in [2.24, 2.45) is 5.92 Å². The Balaban J connectivity index is 1.72. The molecule has 3 N–H and O–H groups in total. The maximum atomic E-state index is 13.0. The summed E-state index contributed by atoms with van der Waals surface area (Å²) in [5.74, 6) is 0.562. The molecule has 0 aliphatic carbocycles. The number of ether oxygens (including phenoxy) is 1. The van der Waals surface area contributed by atoms with Gasteiger partial charge in [-0.2, -0.15) is 0 Å². The highest BCUT2D eigenvalue weighted by atomic mass is 16.5. The first-order chi connectivity index (χ1) is 15.6. The number of anilines is 3. The summed E-state index contributed by atoms with van der Waals surface area (Å²) in [4.78, 5) is 27.7. The molecular formula is C25H34N4O3. The topological polar surface area (TPSA) is 82.7 Å². The van der Waals surface area contributed by atoms with Gasteiger partial charge < -0.3 is 25.6 Å². The number of hydrogen-bond donors (Lipinski definition) is 3. The van der Waals surface area contributed by atoms with E-state index in [-0.39, 0.29) is 11.9 Å². The molecule has 1 aliphatic heterocycles. The Morgan fingerprint density at radius 1 is 1.03 bits per heavy atom. The van der Waals surface area contributed by atoms with E-state index in [1.165, 1.54) is 0 Å². The van der Waals surface area contributed by atoms with E-state index in [0.717, 1.165) is 38.0 Å². The standard InChI is InChI=1S/C25H34N4O3/c1-3-32-17-7-14-26-24(30)22-18-21(28-25(31)27-20-8-5-4-6-9-20)10-11-23(22)29-15-12-19(2)13-16-29/h4-6,8-11,18-19H,3,7,12-17H2,1-2H3,(H,26,30)(H2,27,28,31). The van der Waals surface area contributed by atoms with Crippen LogP contribution in [0.5, 0.6) is 0 Å². The minimum atomic E-state index is -0.348. The number of nitrogens with zero attached hydrogens (tertiary/aromatic N) is 1. The van der Waals surface area contributed by atoms with E-state index in [9.17, 15) is 9.59 Å². The summed E-state index contributed by atoms with van der Waals surface area (Å²) < 4.78 is 5.35. The maximum absolute atomic E-state index is 13.0. The lowest BCUT2D eigenvalue weighted by Crippen LogP contribution is -2.35. The van der Waals surface area contributed by atoms with Crippen LogP contribution in [0, 0.1) is 5.92 Å². The van der Waals surface area contributed by atoms with E-state index in [1.54, 1.807) is 6.07 Å². The molecule has 0 atom stereocenters. The van der Waals surface area contributed by atoms with Gasteiger partial charge in [-0.05, 0) is 62.4 Å². The maximum Gasteiger partial charge on any atom is 0.323 e. The Morgan fingerprint density at radius 2 is 1.75 bits per heavy atom. The lowest BCUT2D eigenvalue weighted by Gasteiger charge is -2.33. The number of urea groups is 1. The third-order valence-electron chi connectivity index (χ3n) is 5.61. The number of amides is 3. The first kappa shape index (κ1) is 23.6. The summed E-state index contributed by atoms with van der Waals surface area (Å²) in [6.45, 7) is 7.90. The summed E-state index contributed by atoms with van der Waals surface area (Å²) in [6, 6.07) is 14.4. The zero-order chi connectivity index (χ0) is 22.8. The molecule has 7 heteroatoms. The van der Waals surface area contributed by atoms with Crippen LogP contribution in [0.25, 0.3) is 0 Å². The molecule has 0 spiro atoms. The summed E-state index contributed by atoms with van der Waals surface area (Å²) in [5, 5.41) is 8.63. The van der Waals surface area contributed by atoms with E-state index in [4.69, 9.17) is 4.74 Å². The van der Waals surface area contributed by atoms with Crippen LogP contribution < -0.4 is 20.9 Å². The Labute approximate surface area is 190 Å². The zero-order valence-electron chi connectivity index (χ0n) is 19.0. The molecule has 0 aromatic heterocycles. The second kappa shape index (κ2) is 12.1. The van der Waals surface area contributed by atoms with Crippen molar-refractivity contribution in [1.82, 2.24) is 5.32 Å². The van der Waals surface area contributed by atoms with E-state index >= 15 is 0 Å². The van der Waals surface area contributed by atoms with Crippen molar-refractivity contribution in [3.63, 3.8) is 0 Å². The van der Waals surface area contributed by atoms with Gasteiger partial charge in [0.2, 0.25) is 0 Å². The van der Waals surface area contributed by atoms with Crippen LogP contribution in [-0.2, 0) is 4.74 Å². The summed E-state index contributed by atoms with van der Waals surface area (Å²) >= 11 is 0. The van der Waals surface area contributed by atoms with Crippen molar-refractivity contribution < 1.29 is 14.3 Å². The highest BCUT2D eigenvalue weighted by molar-refractivity contribution is 6.04. The fourth-order valence-corrected chi connectivity index (χ4v) is 3.75. The Hall–Kier alpha value is -3.06. The molecule has 0 bridgehead atoms. The Morgan fingerprint density at radius 3 is 2.47 bits per heavy atom. The van der Waals surface area contributed by atoms with Crippen molar-refractivity contribution in [2.45, 2.75) is 33.1 Å². The Kier molecular flexibility index (Phi) is 8.92. The van der Waals surface area contributed by atoms with Crippen LogP contribution in [0.3, 0.4) is 0 Å². The molecule has 172 valence electrons. The molecule has 3 rings (SSSR count). The molecule has 2 aromatic rings. The second-order valence-electron chi connectivity index (χ2n) is 8.15. The Bertz CT molecular complexity index is 880. The molecular weight excluding hydrogens is 404 g/mol. The van der Waals surface area contributed by atoms with Crippen molar-refractivity contribution in [3.05, 3.63) is 54.1 Å². The summed E-state index contributed by atoms with van der Waals surface area (Å²) in [5.41, 5.74) is 2.77. The van der Waals surface area contributed by atoms with Gasteiger partial charge in [0.25, 0.3) is 5.91 Å². The first-order valence-electron chi connectivity index (χ1n) is 11.4. The average molecular weight is 439 g/mol. The van der Waals surface area contributed by atoms with Crippen LogP contribution >= 0.6 is 0 Å². The highest BCUT2D eigenvalue weighted by Gasteiger charge is 2.21. The lowest BCUT2D eigenvalue weighted by atomic mass is 9.98. The van der Waals surface area contributed by atoms with Gasteiger partial charge in [0.15, 0.2) is 0 Å². The number of carbonyl (C=O) groups is 2. The molecule has 0 radical (unpaired) electrons. The third-order valence-corrected chi connectivity index (χ3v) is 5.61. The van der Waals surface area contributed by atoms with Gasteiger partial charge >= 0.3 is 6.03 Å². The number of nitrogens with one attached hydrogen (secondary N) is 3. The van der Waals surface area contributed by atoms with Crippen molar-refractivity contribution in [2.75, 3.05) is 48.4 Å². The fraction of sp³-hybridized carbons (Fsp3) is 0.440. The minimum Gasteiger partial charge on any atom is -0.382 e. The van der Waals surface area contributed by atoms with Gasteiger partial charge in [-0.1, -0.05) is 25.1 Å². The number of para-hydroxylation sites is 1. The van der Waals surface area contributed by atoms with Crippen LogP contribution in [0.2, 0.25) is 0 Å². The van der Waals surface area contributed by atoms with Crippen LogP contribution in [0.15, 0.2) is 48.5 Å². The molecule has 7 nitrogen and oxygen atoms in total. The third kappa shape index (κ3) is 6.99. The largest absolute Gasteiger partial charge is 0.382 e. The van der Waals surface area contributed by atoms with Crippen molar-refractivity contribution in [1.29, 1.82) is 0 Å². The lowest BCUT2D eigenvalue weighted by molar-refractivity contribution is 0.0944. The van der Waals surface area contributed by atoms with Gasteiger partial charge in [0, 0.05) is 49.9 Å². The monoisotopic (exact) mass is 438 g/mol. The van der Waals surface area contributed by atoms with Crippen LogP contribution in [0.1, 0.15) is 43.5 Å². The number of carbonyl (C=O) groups excluding carboxylic acids is 2. The number of piperidine rings is 1. The predicted octanol–water partition coefficient (Wildman–Crippen LogP) is 4.72. The predicted molar refractivity (Wildman–Crippen MR) is 130 cm³/mol. The molecule has 0 saturated carbocycles. The minimum absolute atomic E-state index is 0.137.